The van der Waals surface area contributed by atoms with E-state index in [0.717, 1.165) is 33.1 Å². The fourth-order valence-electron chi connectivity index (χ4n) is 2.26. The van der Waals surface area contributed by atoms with Crippen LogP contribution in [0.3, 0.4) is 0 Å². The highest BCUT2D eigenvalue weighted by molar-refractivity contribution is 9.10. The van der Waals surface area contributed by atoms with Crippen LogP contribution in [-0.4, -0.2) is 4.98 Å². The molecule has 23 heavy (non-hydrogen) atoms. The monoisotopic (exact) mass is 377 g/mol. The number of fused-ring (bicyclic) bond motifs is 1. The van der Waals surface area contributed by atoms with Gasteiger partial charge in [0.25, 0.3) is 0 Å². The molecular formula is C18H11BrF3N. The molecule has 0 saturated heterocycles. The first-order valence-corrected chi connectivity index (χ1v) is 7.63. The zero-order valence-electron chi connectivity index (χ0n) is 11.8. The minimum atomic E-state index is -4.31. The van der Waals surface area contributed by atoms with Crippen molar-refractivity contribution in [3.63, 3.8) is 0 Å². The first-order valence-electron chi connectivity index (χ1n) is 6.84. The molecule has 0 atom stereocenters. The average molecular weight is 378 g/mol. The van der Waals surface area contributed by atoms with Crippen molar-refractivity contribution in [1.82, 2.24) is 4.98 Å². The van der Waals surface area contributed by atoms with Crippen molar-refractivity contribution >= 4 is 39.0 Å². The van der Waals surface area contributed by atoms with Gasteiger partial charge in [-0.25, -0.2) is 0 Å². The lowest BCUT2D eigenvalue weighted by molar-refractivity contribution is -0.137. The van der Waals surface area contributed by atoms with Crippen LogP contribution >= 0.6 is 15.9 Å². The Morgan fingerprint density at radius 2 is 1.65 bits per heavy atom. The summed E-state index contributed by atoms with van der Waals surface area (Å²) in [6.07, 6.45) is 1.03. The van der Waals surface area contributed by atoms with E-state index in [1.54, 1.807) is 12.3 Å². The maximum Gasteiger partial charge on any atom is 0.416 e. The highest BCUT2D eigenvalue weighted by Crippen LogP contribution is 2.30. The zero-order chi connectivity index (χ0) is 16.4. The number of hydrogen-bond donors (Lipinski definition) is 0. The van der Waals surface area contributed by atoms with Gasteiger partial charge < -0.3 is 0 Å². The van der Waals surface area contributed by atoms with E-state index in [1.165, 1.54) is 12.1 Å². The second-order valence-corrected chi connectivity index (χ2v) is 5.84. The van der Waals surface area contributed by atoms with Crippen LogP contribution in [0.2, 0.25) is 0 Å². The first-order chi connectivity index (χ1) is 10.9. The van der Waals surface area contributed by atoms with Gasteiger partial charge in [-0.2, -0.15) is 13.2 Å². The van der Waals surface area contributed by atoms with Crippen LogP contribution in [0.1, 0.15) is 16.7 Å². The quantitative estimate of drug-likeness (QED) is 0.485. The summed E-state index contributed by atoms with van der Waals surface area (Å²) in [5.41, 5.74) is 1.80. The summed E-state index contributed by atoms with van der Waals surface area (Å²) in [7, 11) is 0. The molecule has 2 aromatic carbocycles. The van der Waals surface area contributed by atoms with Gasteiger partial charge in [-0.1, -0.05) is 52.3 Å². The smallest absolute Gasteiger partial charge is 0.256 e. The van der Waals surface area contributed by atoms with Crippen LogP contribution in [0.15, 0.2) is 59.2 Å². The molecule has 0 N–H and O–H groups in total. The van der Waals surface area contributed by atoms with Gasteiger partial charge in [0.15, 0.2) is 0 Å². The van der Waals surface area contributed by atoms with E-state index in [0.29, 0.717) is 5.56 Å². The van der Waals surface area contributed by atoms with Gasteiger partial charge in [-0.15, -0.1) is 0 Å². The van der Waals surface area contributed by atoms with Crippen molar-refractivity contribution in [3.8, 4) is 0 Å². The number of benzene rings is 2. The molecule has 0 bridgehead atoms. The molecule has 0 spiro atoms. The molecule has 1 heterocycles. The number of rotatable bonds is 2. The van der Waals surface area contributed by atoms with Crippen LogP contribution in [0.4, 0.5) is 13.2 Å². The highest BCUT2D eigenvalue weighted by Gasteiger charge is 2.29. The van der Waals surface area contributed by atoms with E-state index in [1.807, 2.05) is 30.3 Å². The lowest BCUT2D eigenvalue weighted by Gasteiger charge is -2.06. The Morgan fingerprint density at radius 3 is 2.35 bits per heavy atom. The van der Waals surface area contributed by atoms with Crippen LogP contribution in [0.5, 0.6) is 0 Å². The molecule has 0 radical (unpaired) electrons. The van der Waals surface area contributed by atoms with E-state index in [-0.39, 0.29) is 0 Å². The Kier molecular flexibility index (Phi) is 4.22. The number of halogens is 4. The summed E-state index contributed by atoms with van der Waals surface area (Å²) in [6.45, 7) is 0. The topological polar surface area (TPSA) is 12.9 Å². The fourth-order valence-corrected chi connectivity index (χ4v) is 2.72. The van der Waals surface area contributed by atoms with Crippen molar-refractivity contribution < 1.29 is 13.2 Å². The van der Waals surface area contributed by atoms with Gasteiger partial charge in [0, 0.05) is 21.6 Å². The normalized spacial score (nSPS) is 12.2. The Bertz CT molecular complexity index is 868. The minimum absolute atomic E-state index is 0.648. The van der Waals surface area contributed by atoms with Gasteiger partial charge in [0.1, 0.15) is 0 Å². The van der Waals surface area contributed by atoms with Crippen molar-refractivity contribution in [3.05, 3.63) is 75.9 Å². The van der Waals surface area contributed by atoms with Crippen molar-refractivity contribution in [1.29, 1.82) is 0 Å². The van der Waals surface area contributed by atoms with Gasteiger partial charge in [0.2, 0.25) is 0 Å². The van der Waals surface area contributed by atoms with Crippen molar-refractivity contribution in [2.75, 3.05) is 0 Å². The van der Waals surface area contributed by atoms with Crippen LogP contribution < -0.4 is 0 Å². The Hall–Kier alpha value is -2.14. The first kappa shape index (κ1) is 15.7. The summed E-state index contributed by atoms with van der Waals surface area (Å²) in [5.74, 6) is 0. The standard InChI is InChI=1S/C18H11BrF3N/c19-16-10-7-13(17-15(16)2-1-11-23-17)6-3-12-4-8-14(9-5-12)18(20,21)22/h1-11H/b6-3+. The van der Waals surface area contributed by atoms with E-state index in [2.05, 4.69) is 20.9 Å². The predicted octanol–water partition coefficient (Wildman–Crippen LogP) is 6.19. The number of alkyl halides is 3. The van der Waals surface area contributed by atoms with Crippen molar-refractivity contribution in [2.45, 2.75) is 6.18 Å². The maximum absolute atomic E-state index is 12.6. The number of pyridine rings is 1. The fraction of sp³-hybridized carbons (Fsp3) is 0.0556. The van der Waals surface area contributed by atoms with Gasteiger partial charge in [0.05, 0.1) is 11.1 Å². The zero-order valence-corrected chi connectivity index (χ0v) is 13.4. The molecule has 0 fully saturated rings. The van der Waals surface area contributed by atoms with E-state index in [4.69, 9.17) is 0 Å². The van der Waals surface area contributed by atoms with Crippen LogP contribution in [-0.2, 0) is 6.18 Å². The molecule has 1 nitrogen and oxygen atoms in total. The molecule has 0 amide bonds. The van der Waals surface area contributed by atoms with E-state index < -0.39 is 11.7 Å². The number of nitrogens with zero attached hydrogens (tertiary/aromatic N) is 1. The van der Waals surface area contributed by atoms with E-state index in [9.17, 15) is 13.2 Å². The third-order valence-electron chi connectivity index (χ3n) is 3.44. The molecule has 0 unspecified atom stereocenters. The van der Waals surface area contributed by atoms with Gasteiger partial charge in [-0.3, -0.25) is 4.98 Å². The van der Waals surface area contributed by atoms with Gasteiger partial charge >= 0.3 is 6.18 Å². The third-order valence-corrected chi connectivity index (χ3v) is 4.13. The molecule has 3 rings (SSSR count). The molecule has 116 valence electrons. The highest BCUT2D eigenvalue weighted by atomic mass is 79.9. The molecular weight excluding hydrogens is 367 g/mol. The Labute approximate surface area is 139 Å². The minimum Gasteiger partial charge on any atom is -0.256 e. The lowest BCUT2D eigenvalue weighted by Crippen LogP contribution is -2.03. The SMILES string of the molecule is FC(F)(F)c1ccc(/C=C/c2ccc(Br)c3cccnc23)cc1. The second-order valence-electron chi connectivity index (χ2n) is 4.99. The number of hydrogen-bond acceptors (Lipinski definition) is 1. The summed E-state index contributed by atoms with van der Waals surface area (Å²) >= 11 is 3.48. The lowest BCUT2D eigenvalue weighted by atomic mass is 10.1. The summed E-state index contributed by atoms with van der Waals surface area (Å²) in [5, 5.41) is 0.988. The molecule has 0 aliphatic carbocycles. The average Bonchev–Trinajstić information content (AvgIpc) is 2.54. The largest absolute Gasteiger partial charge is 0.416 e. The van der Waals surface area contributed by atoms with Crippen LogP contribution in [0.25, 0.3) is 23.1 Å². The van der Waals surface area contributed by atoms with Crippen molar-refractivity contribution in [2.24, 2.45) is 0 Å². The summed E-state index contributed by atoms with van der Waals surface area (Å²) in [4.78, 5) is 4.37. The van der Waals surface area contributed by atoms with Crippen LogP contribution in [0, 0.1) is 0 Å². The molecule has 0 aliphatic heterocycles. The van der Waals surface area contributed by atoms with E-state index >= 15 is 0 Å². The Balaban J connectivity index is 1.93. The maximum atomic E-state index is 12.6. The molecule has 1 aromatic heterocycles. The summed E-state index contributed by atoms with van der Waals surface area (Å²) < 4.78 is 38.6. The molecule has 0 aliphatic rings. The number of aromatic nitrogens is 1. The Morgan fingerprint density at radius 1 is 0.913 bits per heavy atom. The summed E-state index contributed by atoms with van der Waals surface area (Å²) in [6, 6.07) is 12.7. The van der Waals surface area contributed by atoms with Gasteiger partial charge in [-0.05, 0) is 29.8 Å². The molecule has 3 aromatic rings. The second kappa shape index (κ2) is 6.16. The molecule has 0 saturated carbocycles. The third kappa shape index (κ3) is 3.45. The predicted molar refractivity (Wildman–Crippen MR) is 89.8 cm³/mol. The molecule has 5 heteroatoms.